The van der Waals surface area contributed by atoms with E-state index in [2.05, 4.69) is 52.8 Å². The number of hydrogen-bond donors (Lipinski definition) is 1. The van der Waals surface area contributed by atoms with E-state index in [-0.39, 0.29) is 11.9 Å². The van der Waals surface area contributed by atoms with Crippen molar-refractivity contribution in [2.75, 3.05) is 11.4 Å². The summed E-state index contributed by atoms with van der Waals surface area (Å²) in [6, 6.07) is 18.5. The third-order valence-electron chi connectivity index (χ3n) is 8.36. The monoisotopic (exact) mass is 529 g/mol. The van der Waals surface area contributed by atoms with Crippen LogP contribution in [-0.2, 0) is 13.6 Å². The molecule has 0 saturated heterocycles. The minimum Gasteiger partial charge on any atom is -0.317 e. The standard InChI is InChI=1S/C32H31N7O/c1-19(34-16-20-3-4-20)23-8-9-24-17-39(32(40)27(24)12-23)30-14-25(13-29(36-30)22-6-7-22)26-10-5-21(15-33)11-28(26)31-37-35-18-38(31)2/h5,8-14,18-20,22,34H,3-4,6-7,16-17H2,1-2H3. The maximum absolute atomic E-state index is 13.8. The molecule has 1 aliphatic heterocycles. The Morgan fingerprint density at radius 1 is 1.05 bits per heavy atom. The second kappa shape index (κ2) is 9.68. The lowest BCUT2D eigenvalue weighted by Crippen LogP contribution is -2.24. The number of carbonyl (C=O) groups excluding carboxylic acids is 1. The molecular weight excluding hydrogens is 498 g/mol. The number of carbonyl (C=O) groups is 1. The molecule has 0 spiro atoms. The van der Waals surface area contributed by atoms with E-state index in [4.69, 9.17) is 4.98 Å². The number of anilines is 1. The van der Waals surface area contributed by atoms with Crippen molar-refractivity contribution in [3.05, 3.63) is 82.8 Å². The number of amides is 1. The molecule has 40 heavy (non-hydrogen) atoms. The van der Waals surface area contributed by atoms with Crippen molar-refractivity contribution >= 4 is 11.7 Å². The SMILES string of the molecule is CC(NCC1CC1)c1ccc2c(c1)C(=O)N(c1cc(-c3ccc(C#N)cc3-c3nncn3C)cc(C3CC3)n1)C2. The van der Waals surface area contributed by atoms with Crippen LogP contribution in [-0.4, -0.2) is 32.2 Å². The van der Waals surface area contributed by atoms with Gasteiger partial charge in [0, 0.05) is 35.8 Å². The fraction of sp³-hybridized carbons (Fsp3) is 0.344. The maximum Gasteiger partial charge on any atom is 0.260 e. The fourth-order valence-corrected chi connectivity index (χ4v) is 5.55. The van der Waals surface area contributed by atoms with Gasteiger partial charge in [0.2, 0.25) is 0 Å². The van der Waals surface area contributed by atoms with Gasteiger partial charge in [-0.1, -0.05) is 18.2 Å². The van der Waals surface area contributed by atoms with Gasteiger partial charge in [-0.15, -0.1) is 10.2 Å². The summed E-state index contributed by atoms with van der Waals surface area (Å²) in [5, 5.41) is 21.6. The Kier molecular flexibility index (Phi) is 5.97. The number of aryl methyl sites for hydroxylation is 1. The van der Waals surface area contributed by atoms with Gasteiger partial charge in [-0.25, -0.2) is 4.98 Å². The molecule has 2 fully saturated rings. The highest BCUT2D eigenvalue weighted by atomic mass is 16.2. The van der Waals surface area contributed by atoms with Gasteiger partial charge >= 0.3 is 0 Å². The van der Waals surface area contributed by atoms with Crippen LogP contribution in [0.4, 0.5) is 5.82 Å². The molecule has 4 aromatic rings. The zero-order valence-electron chi connectivity index (χ0n) is 22.8. The lowest BCUT2D eigenvalue weighted by molar-refractivity contribution is 0.0996. The van der Waals surface area contributed by atoms with Crippen LogP contribution in [0.25, 0.3) is 22.5 Å². The predicted molar refractivity (Wildman–Crippen MR) is 152 cm³/mol. The molecule has 1 amide bonds. The van der Waals surface area contributed by atoms with Gasteiger partial charge in [-0.3, -0.25) is 9.69 Å². The normalized spacial score (nSPS) is 17.1. The second-order valence-corrected chi connectivity index (χ2v) is 11.4. The quantitative estimate of drug-likeness (QED) is 0.323. The summed E-state index contributed by atoms with van der Waals surface area (Å²) in [6.07, 6.45) is 6.48. The number of hydrogen-bond acceptors (Lipinski definition) is 6. The van der Waals surface area contributed by atoms with Gasteiger partial charge in [0.25, 0.3) is 5.91 Å². The number of pyridine rings is 1. The summed E-state index contributed by atoms with van der Waals surface area (Å²) in [5.74, 6) is 2.54. The molecule has 1 N–H and O–H groups in total. The van der Waals surface area contributed by atoms with Crippen molar-refractivity contribution in [3.63, 3.8) is 0 Å². The van der Waals surface area contributed by atoms with Crippen LogP contribution in [0.3, 0.4) is 0 Å². The molecule has 200 valence electrons. The van der Waals surface area contributed by atoms with Gasteiger partial charge in [-0.2, -0.15) is 5.26 Å². The number of nitrogens with zero attached hydrogens (tertiary/aromatic N) is 6. The third kappa shape index (κ3) is 4.56. The summed E-state index contributed by atoms with van der Waals surface area (Å²) < 4.78 is 1.85. The molecule has 8 nitrogen and oxygen atoms in total. The van der Waals surface area contributed by atoms with Crippen LogP contribution in [0, 0.1) is 17.2 Å². The van der Waals surface area contributed by atoms with Crippen LogP contribution < -0.4 is 10.2 Å². The maximum atomic E-state index is 13.8. The molecule has 2 aliphatic carbocycles. The number of fused-ring (bicyclic) bond motifs is 1. The van der Waals surface area contributed by atoms with E-state index in [1.54, 1.807) is 11.2 Å². The van der Waals surface area contributed by atoms with Gasteiger partial charge in [0.15, 0.2) is 5.82 Å². The first kappa shape index (κ1) is 24.7. The third-order valence-corrected chi connectivity index (χ3v) is 8.36. The van der Waals surface area contributed by atoms with Crippen LogP contribution in [0.15, 0.2) is 54.9 Å². The molecular formula is C32H31N7O. The van der Waals surface area contributed by atoms with E-state index < -0.39 is 0 Å². The van der Waals surface area contributed by atoms with Crippen molar-refractivity contribution < 1.29 is 4.79 Å². The first-order valence-electron chi connectivity index (χ1n) is 14.1. The van der Waals surface area contributed by atoms with Crippen molar-refractivity contribution in [2.24, 2.45) is 13.0 Å². The Hall–Kier alpha value is -4.35. The highest BCUT2D eigenvalue weighted by Gasteiger charge is 2.33. The average molecular weight is 530 g/mol. The average Bonchev–Trinajstić information content (AvgIpc) is 3.91. The largest absolute Gasteiger partial charge is 0.317 e. The lowest BCUT2D eigenvalue weighted by Gasteiger charge is -2.18. The van der Waals surface area contributed by atoms with Gasteiger partial charge < -0.3 is 9.88 Å². The van der Waals surface area contributed by atoms with Crippen LogP contribution in [0.1, 0.15) is 77.3 Å². The molecule has 0 radical (unpaired) electrons. The Bertz CT molecular complexity index is 1680. The number of nitrogens with one attached hydrogen (secondary N) is 1. The zero-order valence-corrected chi connectivity index (χ0v) is 22.8. The Labute approximate surface area is 233 Å². The molecule has 1 unspecified atom stereocenters. The molecule has 2 saturated carbocycles. The number of aromatic nitrogens is 4. The van der Waals surface area contributed by atoms with Crippen LogP contribution >= 0.6 is 0 Å². The highest BCUT2D eigenvalue weighted by Crippen LogP contribution is 2.43. The van der Waals surface area contributed by atoms with E-state index in [1.165, 1.54) is 12.8 Å². The topological polar surface area (TPSA) is 99.7 Å². The number of rotatable bonds is 8. The van der Waals surface area contributed by atoms with E-state index in [1.807, 2.05) is 35.9 Å². The smallest absolute Gasteiger partial charge is 0.260 e. The van der Waals surface area contributed by atoms with Gasteiger partial charge in [-0.05, 0) is 97.7 Å². The first-order chi connectivity index (χ1) is 19.5. The summed E-state index contributed by atoms with van der Waals surface area (Å²) in [6.45, 7) is 3.70. The van der Waals surface area contributed by atoms with Gasteiger partial charge in [0.1, 0.15) is 12.1 Å². The Balaban J connectivity index is 1.26. The Morgan fingerprint density at radius 3 is 2.62 bits per heavy atom. The molecule has 7 rings (SSSR count). The van der Waals surface area contributed by atoms with Crippen molar-refractivity contribution in [2.45, 2.75) is 51.1 Å². The summed E-state index contributed by atoms with van der Waals surface area (Å²) in [4.78, 5) is 20.6. The number of nitriles is 1. The zero-order chi connectivity index (χ0) is 27.4. The van der Waals surface area contributed by atoms with Crippen molar-refractivity contribution in [3.8, 4) is 28.6 Å². The molecule has 3 aliphatic rings. The minimum absolute atomic E-state index is 0.00834. The van der Waals surface area contributed by atoms with Crippen LogP contribution in [0.2, 0.25) is 0 Å². The molecule has 2 aromatic heterocycles. The van der Waals surface area contributed by atoms with E-state index in [0.717, 1.165) is 64.4 Å². The fourth-order valence-electron chi connectivity index (χ4n) is 5.55. The second-order valence-electron chi connectivity index (χ2n) is 11.4. The van der Waals surface area contributed by atoms with Crippen LogP contribution in [0.5, 0.6) is 0 Å². The highest BCUT2D eigenvalue weighted by molar-refractivity contribution is 6.10. The lowest BCUT2D eigenvalue weighted by atomic mass is 9.96. The van der Waals surface area contributed by atoms with Crippen molar-refractivity contribution in [1.82, 2.24) is 25.1 Å². The van der Waals surface area contributed by atoms with E-state index in [0.29, 0.717) is 29.7 Å². The molecule has 1 atom stereocenters. The Morgan fingerprint density at radius 2 is 1.90 bits per heavy atom. The van der Waals surface area contributed by atoms with Crippen molar-refractivity contribution in [1.29, 1.82) is 5.26 Å². The van der Waals surface area contributed by atoms with E-state index in [9.17, 15) is 10.1 Å². The molecule has 0 bridgehead atoms. The van der Waals surface area contributed by atoms with E-state index >= 15 is 0 Å². The predicted octanol–water partition coefficient (Wildman–Crippen LogP) is 5.51. The minimum atomic E-state index is -0.00834. The molecule has 3 heterocycles. The number of benzene rings is 2. The first-order valence-corrected chi connectivity index (χ1v) is 14.1. The molecule has 8 heteroatoms. The summed E-state index contributed by atoms with van der Waals surface area (Å²) in [7, 11) is 1.89. The summed E-state index contributed by atoms with van der Waals surface area (Å²) in [5.41, 5.74) is 7.20. The molecule has 2 aromatic carbocycles. The van der Waals surface area contributed by atoms with Gasteiger partial charge in [0.05, 0.1) is 18.2 Å². The summed E-state index contributed by atoms with van der Waals surface area (Å²) >= 11 is 0.